The van der Waals surface area contributed by atoms with E-state index in [2.05, 4.69) is 51.2 Å². The minimum Gasteiger partial charge on any atom is -0.378 e. The summed E-state index contributed by atoms with van der Waals surface area (Å²) in [6.07, 6.45) is 10.6. The van der Waals surface area contributed by atoms with Crippen LogP contribution in [0.3, 0.4) is 0 Å². The molecule has 0 atom stereocenters. The van der Waals surface area contributed by atoms with Crippen LogP contribution in [-0.2, 0) is 17.7 Å². The van der Waals surface area contributed by atoms with Crippen LogP contribution in [0.25, 0.3) is 11.0 Å². The second-order valence-electron chi connectivity index (χ2n) is 9.51. The molecule has 0 unspecified atom stereocenters. The molecule has 5 rings (SSSR count). The molecule has 0 radical (unpaired) electrons. The van der Waals surface area contributed by atoms with Crippen LogP contribution in [0.15, 0.2) is 30.5 Å². The Hall–Kier alpha value is -2.67. The maximum Gasteiger partial charge on any atom is 0.226 e. The number of aromatic amines is 1. The van der Waals surface area contributed by atoms with Crippen LogP contribution in [0.2, 0.25) is 0 Å². The second-order valence-corrected chi connectivity index (χ2v) is 9.51. The summed E-state index contributed by atoms with van der Waals surface area (Å²) in [7, 11) is 0. The van der Waals surface area contributed by atoms with Gasteiger partial charge in [0.1, 0.15) is 11.0 Å². The van der Waals surface area contributed by atoms with Crippen LogP contribution >= 0.6 is 0 Å². The molecule has 0 spiro atoms. The highest BCUT2D eigenvalue weighted by Crippen LogP contribution is 2.28. The van der Waals surface area contributed by atoms with Crippen molar-refractivity contribution < 1.29 is 4.74 Å². The largest absolute Gasteiger partial charge is 0.378 e. The number of fused-ring (bicyclic) bond motifs is 1. The topological polar surface area (TPSA) is 70.2 Å². The van der Waals surface area contributed by atoms with E-state index in [1.165, 1.54) is 43.4 Å². The van der Waals surface area contributed by atoms with E-state index in [1.54, 1.807) is 0 Å². The molecular formula is C26H36N6O. The van der Waals surface area contributed by atoms with E-state index in [9.17, 15) is 0 Å². The smallest absolute Gasteiger partial charge is 0.226 e. The number of aromatic nitrogens is 4. The predicted octanol–water partition coefficient (Wildman–Crippen LogP) is 4.73. The highest BCUT2D eigenvalue weighted by Gasteiger charge is 2.21. The molecule has 2 aromatic heterocycles. The molecule has 1 aliphatic carbocycles. The summed E-state index contributed by atoms with van der Waals surface area (Å²) in [6.45, 7) is 7.53. The van der Waals surface area contributed by atoms with E-state index in [4.69, 9.17) is 14.7 Å². The first-order valence-corrected chi connectivity index (χ1v) is 12.7. The molecule has 0 bridgehead atoms. The average Bonchev–Trinajstić information content (AvgIpc) is 3.27. The molecule has 7 heteroatoms. The average molecular weight is 449 g/mol. The van der Waals surface area contributed by atoms with Gasteiger partial charge in [0.15, 0.2) is 0 Å². The lowest BCUT2D eigenvalue weighted by Gasteiger charge is -2.31. The van der Waals surface area contributed by atoms with Gasteiger partial charge in [-0.25, -0.2) is 9.97 Å². The Morgan fingerprint density at radius 2 is 2.00 bits per heavy atom. The second kappa shape index (κ2) is 10.5. The van der Waals surface area contributed by atoms with Crippen LogP contribution in [0.1, 0.15) is 56.7 Å². The first kappa shape index (κ1) is 22.1. The molecule has 1 aliphatic heterocycles. The fourth-order valence-electron chi connectivity index (χ4n) is 5.22. The Balaban J connectivity index is 1.42. The zero-order valence-corrected chi connectivity index (χ0v) is 19.8. The molecule has 1 saturated heterocycles. The number of nitrogens with zero attached hydrogens (tertiary/aromatic N) is 5. The third kappa shape index (κ3) is 5.29. The Bertz CT molecular complexity index is 1040. The van der Waals surface area contributed by atoms with Crippen molar-refractivity contribution in [1.82, 2.24) is 20.2 Å². The molecule has 2 aliphatic rings. The zero-order valence-electron chi connectivity index (χ0n) is 19.8. The molecule has 2 fully saturated rings. The molecule has 176 valence electrons. The summed E-state index contributed by atoms with van der Waals surface area (Å²) in [6, 6.07) is 8.96. The SMILES string of the molecule is CCCc1[nH]nc2cnc(N(Cc3cccc(N4CCOCC4)c3)CC3CCCCC3)nc12. The van der Waals surface area contributed by atoms with E-state index >= 15 is 0 Å². The van der Waals surface area contributed by atoms with Gasteiger partial charge >= 0.3 is 0 Å². The number of aryl methyl sites for hydroxylation is 1. The van der Waals surface area contributed by atoms with Gasteiger partial charge < -0.3 is 14.5 Å². The number of nitrogens with one attached hydrogen (secondary N) is 1. The molecule has 33 heavy (non-hydrogen) atoms. The van der Waals surface area contributed by atoms with E-state index in [1.807, 2.05) is 6.20 Å². The van der Waals surface area contributed by atoms with Crippen molar-refractivity contribution in [3.05, 3.63) is 41.7 Å². The molecule has 3 aromatic rings. The number of H-pyrrole nitrogens is 1. The summed E-state index contributed by atoms with van der Waals surface area (Å²) in [4.78, 5) is 14.6. The van der Waals surface area contributed by atoms with Gasteiger partial charge in [-0.3, -0.25) is 5.10 Å². The number of hydrogen-bond donors (Lipinski definition) is 1. The van der Waals surface area contributed by atoms with Gasteiger partial charge in [0, 0.05) is 31.9 Å². The quantitative estimate of drug-likeness (QED) is 0.537. The Labute approximate surface area is 196 Å². The highest BCUT2D eigenvalue weighted by molar-refractivity contribution is 5.77. The van der Waals surface area contributed by atoms with Gasteiger partial charge in [-0.05, 0) is 42.9 Å². The first-order valence-electron chi connectivity index (χ1n) is 12.7. The van der Waals surface area contributed by atoms with Gasteiger partial charge in [-0.1, -0.05) is 44.7 Å². The van der Waals surface area contributed by atoms with Gasteiger partial charge in [0.05, 0.1) is 25.1 Å². The summed E-state index contributed by atoms with van der Waals surface area (Å²) >= 11 is 0. The lowest BCUT2D eigenvalue weighted by molar-refractivity contribution is 0.122. The van der Waals surface area contributed by atoms with E-state index in [-0.39, 0.29) is 0 Å². The van der Waals surface area contributed by atoms with E-state index in [0.29, 0.717) is 5.92 Å². The summed E-state index contributed by atoms with van der Waals surface area (Å²) < 4.78 is 5.54. The van der Waals surface area contributed by atoms with Crippen molar-refractivity contribution >= 4 is 22.7 Å². The normalized spacial score (nSPS) is 17.5. The minimum atomic E-state index is 0.708. The van der Waals surface area contributed by atoms with Crippen LogP contribution in [-0.4, -0.2) is 53.0 Å². The van der Waals surface area contributed by atoms with Crippen LogP contribution in [0, 0.1) is 5.92 Å². The molecule has 7 nitrogen and oxygen atoms in total. The van der Waals surface area contributed by atoms with Crippen molar-refractivity contribution in [2.75, 3.05) is 42.6 Å². The van der Waals surface area contributed by atoms with Crippen molar-refractivity contribution in [3.63, 3.8) is 0 Å². The number of ether oxygens (including phenoxy) is 1. The summed E-state index contributed by atoms with van der Waals surface area (Å²) in [5, 5.41) is 7.59. The Kier molecular flexibility index (Phi) is 7.05. The van der Waals surface area contributed by atoms with Crippen LogP contribution < -0.4 is 9.80 Å². The highest BCUT2D eigenvalue weighted by atomic mass is 16.5. The third-order valence-electron chi connectivity index (χ3n) is 7.00. The maximum atomic E-state index is 5.54. The van der Waals surface area contributed by atoms with Gasteiger partial charge in [-0.15, -0.1) is 0 Å². The van der Waals surface area contributed by atoms with Gasteiger partial charge in [0.25, 0.3) is 0 Å². The summed E-state index contributed by atoms with van der Waals surface area (Å²) in [5.74, 6) is 1.53. The third-order valence-corrected chi connectivity index (χ3v) is 7.00. The van der Waals surface area contributed by atoms with E-state index < -0.39 is 0 Å². The monoisotopic (exact) mass is 448 g/mol. The Morgan fingerprint density at radius 3 is 2.82 bits per heavy atom. The van der Waals surface area contributed by atoms with Gasteiger partial charge in [0.2, 0.25) is 5.95 Å². The maximum absolute atomic E-state index is 5.54. The van der Waals surface area contributed by atoms with Crippen molar-refractivity contribution in [1.29, 1.82) is 0 Å². The van der Waals surface area contributed by atoms with Crippen molar-refractivity contribution in [2.45, 2.75) is 58.4 Å². The fraction of sp³-hybridized carbons (Fsp3) is 0.577. The molecule has 1 saturated carbocycles. The fourth-order valence-corrected chi connectivity index (χ4v) is 5.22. The van der Waals surface area contributed by atoms with Crippen LogP contribution in [0.4, 0.5) is 11.6 Å². The number of rotatable bonds is 8. The zero-order chi connectivity index (χ0) is 22.5. The molecule has 3 heterocycles. The molecule has 1 aromatic carbocycles. The standard InChI is InChI=1S/C26H36N6O/c1-2-7-23-25-24(30-29-23)17-27-26(28-25)32(18-20-8-4-3-5-9-20)19-21-10-6-11-22(16-21)31-12-14-33-15-13-31/h6,10-11,16-17,20H,2-5,7-9,12-15,18-19H2,1H3,(H,29,30). The van der Waals surface area contributed by atoms with E-state index in [0.717, 1.165) is 74.9 Å². The number of anilines is 2. The molecule has 0 amide bonds. The molecule has 1 N–H and O–H groups in total. The number of hydrogen-bond acceptors (Lipinski definition) is 6. The minimum absolute atomic E-state index is 0.708. The van der Waals surface area contributed by atoms with Gasteiger partial charge in [-0.2, -0.15) is 5.10 Å². The lowest BCUT2D eigenvalue weighted by atomic mass is 9.89. The number of benzene rings is 1. The van der Waals surface area contributed by atoms with Crippen molar-refractivity contribution in [2.24, 2.45) is 5.92 Å². The Morgan fingerprint density at radius 1 is 1.15 bits per heavy atom. The predicted molar refractivity (Wildman–Crippen MR) is 133 cm³/mol. The molecular weight excluding hydrogens is 412 g/mol. The van der Waals surface area contributed by atoms with Crippen molar-refractivity contribution in [3.8, 4) is 0 Å². The first-order chi connectivity index (χ1) is 16.3. The van der Waals surface area contributed by atoms with Crippen LogP contribution in [0.5, 0.6) is 0 Å². The number of morpholine rings is 1. The lowest BCUT2D eigenvalue weighted by Crippen LogP contribution is -2.36. The summed E-state index contributed by atoms with van der Waals surface area (Å²) in [5.41, 5.74) is 5.53.